The predicted molar refractivity (Wildman–Crippen MR) is 135 cm³/mol. The summed E-state index contributed by atoms with van der Waals surface area (Å²) in [6, 6.07) is 12.7. The maximum atomic E-state index is 12.5. The number of aryl methyl sites for hydroxylation is 2. The van der Waals surface area contributed by atoms with Crippen molar-refractivity contribution in [3.05, 3.63) is 58.7 Å². The zero-order valence-corrected chi connectivity index (χ0v) is 21.7. The Morgan fingerprint density at radius 1 is 1.11 bits per heavy atom. The first kappa shape index (κ1) is 26.7. The molecule has 1 aromatic heterocycles. The van der Waals surface area contributed by atoms with Crippen molar-refractivity contribution in [3.8, 4) is 23.3 Å². The van der Waals surface area contributed by atoms with Crippen LogP contribution in [0.15, 0.2) is 47.1 Å². The highest BCUT2D eigenvalue weighted by Gasteiger charge is 2.17. The lowest BCUT2D eigenvalue weighted by molar-refractivity contribution is -0.112. The van der Waals surface area contributed by atoms with Gasteiger partial charge in [-0.2, -0.15) is 14.6 Å². The van der Waals surface area contributed by atoms with Gasteiger partial charge in [0.1, 0.15) is 30.6 Å². The van der Waals surface area contributed by atoms with Crippen LogP contribution in [0.5, 0.6) is 17.2 Å². The number of amides is 1. The first-order chi connectivity index (χ1) is 17.1. The van der Waals surface area contributed by atoms with Gasteiger partial charge in [-0.1, -0.05) is 23.8 Å². The quantitative estimate of drug-likeness (QED) is 0.237. The van der Waals surface area contributed by atoms with Crippen LogP contribution in [0.25, 0.3) is 6.08 Å². The van der Waals surface area contributed by atoms with Gasteiger partial charge in [0.15, 0.2) is 11.5 Å². The van der Waals surface area contributed by atoms with Crippen LogP contribution in [0.2, 0.25) is 0 Å². The fourth-order valence-corrected chi connectivity index (χ4v) is 4.49. The molecule has 188 valence electrons. The number of nitrogens with zero attached hydrogens (tertiary/aromatic N) is 3. The molecular formula is C24H24N4O6S2. The molecule has 0 spiro atoms. The maximum absolute atomic E-state index is 12.5. The summed E-state index contributed by atoms with van der Waals surface area (Å²) >= 11 is 0.701. The largest absolute Gasteiger partial charge is 0.493 e. The Morgan fingerprint density at radius 2 is 1.81 bits per heavy atom. The molecule has 12 heteroatoms. The molecule has 3 aromatic rings. The van der Waals surface area contributed by atoms with Crippen LogP contribution in [0.1, 0.15) is 16.7 Å². The van der Waals surface area contributed by atoms with Crippen molar-refractivity contribution in [2.75, 3.05) is 31.9 Å². The van der Waals surface area contributed by atoms with Crippen LogP contribution in [0.3, 0.4) is 0 Å². The topological polar surface area (TPSA) is 140 Å². The van der Waals surface area contributed by atoms with Gasteiger partial charge in [-0.3, -0.25) is 10.1 Å². The summed E-state index contributed by atoms with van der Waals surface area (Å²) in [6.45, 7) is 4.61. The van der Waals surface area contributed by atoms with E-state index in [2.05, 4.69) is 14.7 Å². The number of nitrogens with one attached hydrogen (secondary N) is 1. The van der Waals surface area contributed by atoms with Gasteiger partial charge in [0.2, 0.25) is 15.0 Å². The Balaban J connectivity index is 1.64. The summed E-state index contributed by atoms with van der Waals surface area (Å²) in [6.07, 6.45) is 2.32. The normalized spacial score (nSPS) is 11.5. The van der Waals surface area contributed by atoms with Gasteiger partial charge in [0.05, 0.1) is 7.11 Å². The van der Waals surface area contributed by atoms with Crippen LogP contribution < -0.4 is 19.5 Å². The number of ether oxygens (including phenoxy) is 3. The molecule has 1 heterocycles. The van der Waals surface area contributed by atoms with Crippen molar-refractivity contribution < 1.29 is 27.4 Å². The number of carbonyl (C=O) groups is 1. The number of methoxy groups -OCH3 is 1. The number of benzene rings is 2. The van der Waals surface area contributed by atoms with Crippen LogP contribution in [0.4, 0.5) is 5.13 Å². The Bertz CT molecular complexity index is 1440. The van der Waals surface area contributed by atoms with Crippen molar-refractivity contribution in [2.24, 2.45) is 0 Å². The minimum Gasteiger partial charge on any atom is -0.493 e. The summed E-state index contributed by atoms with van der Waals surface area (Å²) in [5.41, 5.74) is 2.51. The molecule has 0 fully saturated rings. The van der Waals surface area contributed by atoms with E-state index in [9.17, 15) is 18.5 Å². The molecule has 0 bridgehead atoms. The Labute approximate surface area is 213 Å². The number of nitriles is 1. The highest BCUT2D eigenvalue weighted by molar-refractivity contribution is 7.90. The Hall–Kier alpha value is -3.95. The van der Waals surface area contributed by atoms with Gasteiger partial charge in [0, 0.05) is 17.8 Å². The lowest BCUT2D eigenvalue weighted by Gasteiger charge is -2.13. The average Bonchev–Trinajstić information content (AvgIpc) is 3.31. The number of hydrogen-bond donors (Lipinski definition) is 1. The highest BCUT2D eigenvalue weighted by atomic mass is 32.2. The molecule has 1 N–H and O–H groups in total. The standard InChI is InChI=1S/C24H24N4O6S2/c1-15-5-7-19(16(2)11-15)33-9-10-34-20-8-6-17(13-21(20)32-3)12-18(14-25)22(29)26-23-27-24(28-35-23)36(4,30)31/h5-8,11-13H,9-10H2,1-4H3,(H,26,27,28,29)/b18-12-. The van der Waals surface area contributed by atoms with Crippen LogP contribution in [-0.2, 0) is 14.6 Å². The molecule has 1 amide bonds. The highest BCUT2D eigenvalue weighted by Crippen LogP contribution is 2.29. The molecule has 10 nitrogen and oxygen atoms in total. The van der Waals surface area contributed by atoms with Crippen LogP contribution in [0, 0.1) is 25.2 Å². The van der Waals surface area contributed by atoms with Crippen molar-refractivity contribution in [1.29, 1.82) is 5.26 Å². The van der Waals surface area contributed by atoms with E-state index in [0.717, 1.165) is 23.1 Å². The number of aromatic nitrogens is 2. The van der Waals surface area contributed by atoms with Crippen molar-refractivity contribution >= 4 is 38.5 Å². The molecule has 0 aliphatic rings. The van der Waals surface area contributed by atoms with E-state index in [4.69, 9.17) is 14.2 Å². The third-order valence-electron chi connectivity index (χ3n) is 4.75. The summed E-state index contributed by atoms with van der Waals surface area (Å²) in [5, 5.41) is 11.4. The number of hydrogen-bond acceptors (Lipinski definition) is 10. The first-order valence-corrected chi connectivity index (χ1v) is 13.2. The third-order valence-corrected chi connectivity index (χ3v) is 6.34. The molecule has 36 heavy (non-hydrogen) atoms. The number of carbonyl (C=O) groups excluding carboxylic acids is 1. The second-order valence-corrected chi connectivity index (χ2v) is 10.3. The molecule has 0 radical (unpaired) electrons. The van der Waals surface area contributed by atoms with E-state index in [1.807, 2.05) is 38.1 Å². The predicted octanol–water partition coefficient (Wildman–Crippen LogP) is 3.57. The average molecular weight is 529 g/mol. The van der Waals surface area contributed by atoms with Crippen molar-refractivity contribution in [1.82, 2.24) is 9.36 Å². The minimum atomic E-state index is -3.61. The SMILES string of the molecule is COc1cc(/C=C(/C#N)C(=O)Nc2nc(S(C)(=O)=O)ns2)ccc1OCCOc1ccc(C)cc1C. The summed E-state index contributed by atoms with van der Waals surface area (Å²) in [5.74, 6) is 0.926. The van der Waals surface area contributed by atoms with Gasteiger partial charge in [0.25, 0.3) is 11.1 Å². The summed E-state index contributed by atoms with van der Waals surface area (Å²) < 4.78 is 43.6. The molecule has 0 aliphatic heterocycles. The summed E-state index contributed by atoms with van der Waals surface area (Å²) in [4.78, 5) is 16.2. The Morgan fingerprint density at radius 3 is 2.42 bits per heavy atom. The van der Waals surface area contributed by atoms with Crippen LogP contribution >= 0.6 is 11.5 Å². The minimum absolute atomic E-state index is 0.0362. The van der Waals surface area contributed by atoms with Crippen LogP contribution in [-0.4, -0.2) is 50.3 Å². The van der Waals surface area contributed by atoms with E-state index in [0.29, 0.717) is 35.2 Å². The van der Waals surface area contributed by atoms with Gasteiger partial charge in [-0.25, -0.2) is 8.42 Å². The fraction of sp³-hybridized carbons (Fsp3) is 0.250. The molecule has 0 aliphatic carbocycles. The van der Waals surface area contributed by atoms with Gasteiger partial charge in [-0.15, -0.1) is 0 Å². The molecular weight excluding hydrogens is 504 g/mol. The molecule has 3 rings (SSSR count). The molecule has 0 unspecified atom stereocenters. The van der Waals surface area contributed by atoms with E-state index in [1.165, 1.54) is 13.2 Å². The second-order valence-electron chi connectivity index (χ2n) is 7.65. The fourth-order valence-electron chi connectivity index (χ4n) is 3.05. The van der Waals surface area contributed by atoms with E-state index in [1.54, 1.807) is 18.2 Å². The van der Waals surface area contributed by atoms with Gasteiger partial charge >= 0.3 is 0 Å². The lowest BCUT2D eigenvalue weighted by atomic mass is 10.1. The number of sulfone groups is 1. The maximum Gasteiger partial charge on any atom is 0.268 e. The smallest absolute Gasteiger partial charge is 0.268 e. The zero-order chi connectivity index (χ0) is 26.3. The zero-order valence-electron chi connectivity index (χ0n) is 20.1. The Kier molecular flexibility index (Phi) is 8.63. The van der Waals surface area contributed by atoms with Gasteiger partial charge < -0.3 is 14.2 Å². The first-order valence-electron chi connectivity index (χ1n) is 10.6. The molecule has 0 saturated carbocycles. The molecule has 0 atom stereocenters. The summed E-state index contributed by atoms with van der Waals surface area (Å²) in [7, 11) is -2.13. The van der Waals surface area contributed by atoms with Crippen molar-refractivity contribution in [3.63, 3.8) is 0 Å². The lowest BCUT2D eigenvalue weighted by Crippen LogP contribution is -2.13. The van der Waals surface area contributed by atoms with E-state index in [-0.39, 0.29) is 17.3 Å². The monoisotopic (exact) mass is 528 g/mol. The third kappa shape index (κ3) is 7.03. The number of anilines is 1. The second kappa shape index (κ2) is 11.7. The molecule has 0 saturated heterocycles. The number of rotatable bonds is 10. The van der Waals surface area contributed by atoms with Crippen molar-refractivity contribution in [2.45, 2.75) is 19.0 Å². The van der Waals surface area contributed by atoms with E-state index >= 15 is 0 Å². The van der Waals surface area contributed by atoms with Gasteiger partial charge in [-0.05, 0) is 49.2 Å². The molecule has 2 aromatic carbocycles. The van der Waals surface area contributed by atoms with E-state index < -0.39 is 20.9 Å².